The third-order valence-corrected chi connectivity index (χ3v) is 1.80. The van der Waals surface area contributed by atoms with E-state index in [0.29, 0.717) is 0 Å². The molecule has 0 radical (unpaired) electrons. The third-order valence-electron chi connectivity index (χ3n) is 1.02. The van der Waals surface area contributed by atoms with E-state index in [1.807, 2.05) is 0 Å². The number of hydrogen-bond donors (Lipinski definition) is 0. The molecular weight excluding hydrogens is 256 g/mol. The zero-order chi connectivity index (χ0) is 12.0. The summed E-state index contributed by atoms with van der Waals surface area (Å²) in [6, 6.07) is -2.26. The minimum absolute atomic E-state index is 0.596. The van der Waals surface area contributed by atoms with Gasteiger partial charge in [-0.05, 0) is 18.1 Å². The van der Waals surface area contributed by atoms with Crippen molar-refractivity contribution in [3.63, 3.8) is 0 Å². The van der Waals surface area contributed by atoms with Crippen molar-refractivity contribution < 1.29 is 17.3 Å². The summed E-state index contributed by atoms with van der Waals surface area (Å²) in [5.74, 6) is 0. The van der Waals surface area contributed by atoms with Crippen LogP contribution in [0.4, 0.5) is 13.2 Å². The van der Waals surface area contributed by atoms with Gasteiger partial charge in [0.15, 0.2) is 0 Å². The van der Waals surface area contributed by atoms with E-state index in [1.54, 1.807) is 0 Å². The van der Waals surface area contributed by atoms with Gasteiger partial charge in [0, 0.05) is 9.50 Å². The van der Waals surface area contributed by atoms with E-state index >= 15 is 0 Å². The van der Waals surface area contributed by atoms with Gasteiger partial charge < -0.3 is 0 Å². The van der Waals surface area contributed by atoms with Crippen molar-refractivity contribution in [2.45, 2.75) is 6.18 Å². The standard InChI is InChI=1S/C7H3BrClF3/c8-6-2-1-4(9)3-5(6)7(10,11)12/h1-3H/i1D,2D,3D. The Morgan fingerprint density at radius 2 is 2.00 bits per heavy atom. The predicted molar refractivity (Wildman–Crippen MR) is 44.2 cm³/mol. The minimum Gasteiger partial charge on any atom is -0.166 e. The van der Waals surface area contributed by atoms with Gasteiger partial charge >= 0.3 is 6.18 Å². The van der Waals surface area contributed by atoms with Crippen LogP contribution in [0.3, 0.4) is 0 Å². The van der Waals surface area contributed by atoms with Gasteiger partial charge in [-0.25, -0.2) is 0 Å². The van der Waals surface area contributed by atoms with Crippen LogP contribution in [0.15, 0.2) is 22.6 Å². The summed E-state index contributed by atoms with van der Waals surface area (Å²) in [4.78, 5) is 0. The summed E-state index contributed by atoms with van der Waals surface area (Å²) in [7, 11) is 0. The smallest absolute Gasteiger partial charge is 0.166 e. The number of hydrogen-bond acceptors (Lipinski definition) is 0. The first kappa shape index (κ1) is 6.27. The molecule has 0 amide bonds. The molecule has 0 unspecified atom stereocenters. The topological polar surface area (TPSA) is 0 Å². The predicted octanol–water partition coefficient (Wildman–Crippen LogP) is 4.12. The molecule has 12 heavy (non-hydrogen) atoms. The first-order chi connectivity index (χ1) is 6.68. The van der Waals surface area contributed by atoms with Crippen molar-refractivity contribution in [3.8, 4) is 0 Å². The zero-order valence-corrected chi connectivity index (χ0v) is 7.73. The van der Waals surface area contributed by atoms with Crippen molar-refractivity contribution in [2.24, 2.45) is 0 Å². The van der Waals surface area contributed by atoms with Crippen molar-refractivity contribution in [1.29, 1.82) is 0 Å². The van der Waals surface area contributed by atoms with Crippen molar-refractivity contribution in [1.82, 2.24) is 0 Å². The molecule has 0 aromatic heterocycles. The highest BCUT2D eigenvalue weighted by molar-refractivity contribution is 9.10. The first-order valence-corrected chi connectivity index (χ1v) is 3.87. The summed E-state index contributed by atoms with van der Waals surface area (Å²) < 4.78 is 58.2. The summed E-state index contributed by atoms with van der Waals surface area (Å²) in [5, 5.41) is -0.671. The highest BCUT2D eigenvalue weighted by Crippen LogP contribution is 2.36. The van der Waals surface area contributed by atoms with E-state index in [1.165, 1.54) is 0 Å². The van der Waals surface area contributed by atoms with Gasteiger partial charge in [0.1, 0.15) is 0 Å². The fourth-order valence-corrected chi connectivity index (χ4v) is 1.13. The Morgan fingerprint density at radius 1 is 1.42 bits per heavy atom. The molecule has 0 fully saturated rings. The lowest BCUT2D eigenvalue weighted by atomic mass is 10.2. The maximum atomic E-state index is 12.4. The summed E-state index contributed by atoms with van der Waals surface area (Å²) in [6.07, 6.45) is -4.77. The number of benzene rings is 1. The SMILES string of the molecule is [2H]c1c([2H])c(Br)c(C(F)(F)F)c([2H])c1Cl. The Kier molecular flexibility index (Phi) is 1.70. The highest BCUT2D eigenvalue weighted by atomic mass is 79.9. The molecular formula is C7H3BrClF3. The zero-order valence-electron chi connectivity index (χ0n) is 8.39. The molecule has 0 heterocycles. The Labute approximate surface area is 84.7 Å². The lowest BCUT2D eigenvalue weighted by molar-refractivity contribution is -0.138. The molecule has 0 saturated carbocycles. The molecule has 1 aromatic carbocycles. The number of rotatable bonds is 0. The van der Waals surface area contributed by atoms with E-state index in [2.05, 4.69) is 15.9 Å². The largest absolute Gasteiger partial charge is 0.417 e. The van der Waals surface area contributed by atoms with Crippen LogP contribution in [-0.2, 0) is 6.18 Å². The van der Waals surface area contributed by atoms with Crippen LogP contribution in [0.1, 0.15) is 9.68 Å². The van der Waals surface area contributed by atoms with Crippen LogP contribution in [-0.4, -0.2) is 0 Å². The first-order valence-electron chi connectivity index (χ1n) is 4.19. The molecule has 0 aliphatic carbocycles. The van der Waals surface area contributed by atoms with E-state index < -0.39 is 39.4 Å². The fourth-order valence-electron chi connectivity index (χ4n) is 0.563. The Balaban J connectivity index is 3.68. The average Bonchev–Trinajstić information content (AvgIpc) is 2.09. The van der Waals surface area contributed by atoms with Crippen LogP contribution in [0.25, 0.3) is 0 Å². The molecule has 5 heteroatoms. The second-order valence-corrected chi connectivity index (χ2v) is 3.05. The Hall–Kier alpha value is -0.220. The van der Waals surface area contributed by atoms with E-state index in [9.17, 15) is 13.2 Å². The van der Waals surface area contributed by atoms with E-state index in [0.717, 1.165) is 0 Å². The van der Waals surface area contributed by atoms with Crippen LogP contribution in [0, 0.1) is 0 Å². The molecule has 1 rings (SSSR count). The van der Waals surface area contributed by atoms with Crippen molar-refractivity contribution in [3.05, 3.63) is 33.2 Å². The van der Waals surface area contributed by atoms with E-state index in [-0.39, 0.29) is 0 Å². The number of alkyl halides is 3. The molecule has 0 nitrogen and oxygen atoms in total. The van der Waals surface area contributed by atoms with Crippen LogP contribution >= 0.6 is 27.5 Å². The summed E-state index contributed by atoms with van der Waals surface area (Å²) >= 11 is 7.90. The highest BCUT2D eigenvalue weighted by Gasteiger charge is 2.32. The quantitative estimate of drug-likeness (QED) is 0.660. The molecule has 0 atom stereocenters. The van der Waals surface area contributed by atoms with Gasteiger partial charge in [0.05, 0.1) is 9.68 Å². The monoisotopic (exact) mass is 261 g/mol. The molecule has 0 aliphatic rings. The summed E-state index contributed by atoms with van der Waals surface area (Å²) in [5.41, 5.74) is -1.33. The minimum atomic E-state index is -4.77. The molecule has 0 bridgehead atoms. The summed E-state index contributed by atoms with van der Waals surface area (Å²) in [6.45, 7) is 0. The maximum absolute atomic E-state index is 12.4. The van der Waals surface area contributed by atoms with E-state index in [4.69, 9.17) is 15.7 Å². The molecule has 0 N–H and O–H groups in total. The third kappa shape index (κ3) is 2.14. The second-order valence-electron chi connectivity index (χ2n) is 1.88. The number of halogens is 5. The van der Waals surface area contributed by atoms with Crippen LogP contribution in [0.2, 0.25) is 5.02 Å². The molecule has 0 spiro atoms. The lowest BCUT2D eigenvalue weighted by Gasteiger charge is -2.08. The normalized spacial score (nSPS) is 15.2. The van der Waals surface area contributed by atoms with Gasteiger partial charge in [-0.1, -0.05) is 27.5 Å². The van der Waals surface area contributed by atoms with Crippen LogP contribution < -0.4 is 0 Å². The van der Waals surface area contributed by atoms with Crippen molar-refractivity contribution in [2.75, 3.05) is 0 Å². The lowest BCUT2D eigenvalue weighted by Crippen LogP contribution is -2.05. The van der Waals surface area contributed by atoms with Gasteiger partial charge in [-0.2, -0.15) is 13.2 Å². The molecule has 0 saturated heterocycles. The average molecular weight is 262 g/mol. The van der Waals surface area contributed by atoms with Gasteiger partial charge in [0.25, 0.3) is 0 Å². The van der Waals surface area contributed by atoms with Crippen molar-refractivity contribution >= 4 is 27.5 Å². The molecule has 1 aromatic rings. The fraction of sp³-hybridized carbons (Fsp3) is 0.143. The van der Waals surface area contributed by atoms with Gasteiger partial charge in [0.2, 0.25) is 0 Å². The second kappa shape index (κ2) is 3.26. The Morgan fingerprint density at radius 3 is 2.50 bits per heavy atom. The Bertz CT molecular complexity index is 390. The van der Waals surface area contributed by atoms with Gasteiger partial charge in [-0.15, -0.1) is 0 Å². The molecule has 66 valence electrons. The van der Waals surface area contributed by atoms with Crippen LogP contribution in [0.5, 0.6) is 0 Å². The molecule has 0 aliphatic heterocycles. The van der Waals surface area contributed by atoms with Gasteiger partial charge in [-0.3, -0.25) is 0 Å². The maximum Gasteiger partial charge on any atom is 0.417 e.